The summed E-state index contributed by atoms with van der Waals surface area (Å²) < 4.78 is 0. The molecule has 0 bridgehead atoms. The Balaban J connectivity index is 0.00000294. The number of nitrogens with zero attached hydrogens (tertiary/aromatic N) is 4. The predicted molar refractivity (Wildman–Crippen MR) is 133 cm³/mol. The number of carboxylic acids is 1. The Morgan fingerprint density at radius 2 is 1.84 bits per heavy atom. The number of β-lactam (4-membered cyclic amide) rings is 1. The third-order valence-corrected chi connectivity index (χ3v) is 9.85. The van der Waals surface area contributed by atoms with Gasteiger partial charge in [0, 0.05) is 34.5 Å². The van der Waals surface area contributed by atoms with Crippen LogP contribution in [0, 0.1) is 11.8 Å². The van der Waals surface area contributed by atoms with Gasteiger partial charge in [0.25, 0.3) is 11.8 Å². The molecule has 2 saturated heterocycles. The fraction of sp³-hybridized carbons (Fsp3) is 0.400. The molecule has 0 saturated carbocycles. The van der Waals surface area contributed by atoms with Crippen LogP contribution in [0.5, 0.6) is 0 Å². The summed E-state index contributed by atoms with van der Waals surface area (Å²) in [5, 5.41) is 24.6. The first-order valence-electron chi connectivity index (χ1n) is 11.9. The number of aliphatic hydroxyl groups is 1. The number of hydrogen-bond acceptors (Lipinski definition) is 10. The van der Waals surface area contributed by atoms with Gasteiger partial charge in [0.05, 0.1) is 53.1 Å². The van der Waals surface area contributed by atoms with Crippen LogP contribution < -0.4 is 39.6 Å². The van der Waals surface area contributed by atoms with Crippen LogP contribution in [-0.4, -0.2) is 74.1 Å². The fourth-order valence-electron chi connectivity index (χ4n) is 5.58. The number of imide groups is 1. The maximum Gasteiger partial charge on any atom is 1.00 e. The van der Waals surface area contributed by atoms with E-state index in [9.17, 15) is 29.4 Å². The van der Waals surface area contributed by atoms with Gasteiger partial charge in [-0.05, 0) is 19.1 Å². The number of amides is 3. The molecular weight excluding hydrogens is 539 g/mol. The standard InChI is InChI=1S/C25H24N4O6S2.Na/c1-11-18-17(12(2)30)23(33)29(18)19(24(34)35)20(11)37-14-8-27(9-14)25-26-13(10-36-25)7-28-21(31)15-5-3-4-6-16(15)22(28)32;/h3-6,10-12,14,17-18,30H,7-9H2,1-2H3,(H,34,35);/q;+1/p-1/t11-,12-,17-,18-;/m1./s1. The maximum absolute atomic E-state index is 12.6. The smallest absolute Gasteiger partial charge is 0.543 e. The zero-order valence-corrected chi connectivity index (χ0v) is 24.6. The normalized spacial score (nSPS) is 25.2. The number of aliphatic carboxylic acids is 1. The first-order valence-corrected chi connectivity index (χ1v) is 13.7. The Bertz CT molecular complexity index is 1350. The van der Waals surface area contributed by atoms with Gasteiger partial charge in [0.1, 0.15) is 0 Å². The summed E-state index contributed by atoms with van der Waals surface area (Å²) in [4.78, 5) is 59.5. The molecule has 1 aromatic carbocycles. The SMILES string of the molecule is C[C@@H](O)[C@H]1C(=O)N2C(C(=O)[O-])=C(SC3CN(c4nc(CN5C(=O)c6ccccc6C5=O)cs4)C3)[C@H](C)[C@H]12.[Na+]. The summed E-state index contributed by atoms with van der Waals surface area (Å²) in [6.07, 6.45) is -0.845. The molecule has 6 rings (SSSR count). The molecule has 1 aromatic heterocycles. The first kappa shape index (κ1) is 27.4. The molecule has 192 valence electrons. The second-order valence-corrected chi connectivity index (χ2v) is 11.9. The molecule has 0 unspecified atom stereocenters. The molecule has 3 amide bonds. The first-order chi connectivity index (χ1) is 17.7. The van der Waals surface area contributed by atoms with E-state index in [0.29, 0.717) is 34.8 Å². The van der Waals surface area contributed by atoms with Crippen LogP contribution in [0.2, 0.25) is 0 Å². The van der Waals surface area contributed by atoms with Crippen molar-refractivity contribution in [2.24, 2.45) is 11.8 Å². The van der Waals surface area contributed by atoms with Crippen molar-refractivity contribution >= 4 is 51.9 Å². The van der Waals surface area contributed by atoms with Gasteiger partial charge >= 0.3 is 29.6 Å². The van der Waals surface area contributed by atoms with Crippen molar-refractivity contribution < 1.29 is 58.9 Å². The quantitative estimate of drug-likeness (QED) is 0.224. The minimum absolute atomic E-state index is 0. The average Bonchev–Trinajstić information content (AvgIpc) is 3.45. The molecule has 4 atom stereocenters. The van der Waals surface area contributed by atoms with Crippen molar-refractivity contribution in [3.8, 4) is 0 Å². The van der Waals surface area contributed by atoms with Crippen molar-refractivity contribution in [1.82, 2.24) is 14.8 Å². The molecule has 2 aromatic rings. The molecular formula is C25H23N4NaO6S2. The van der Waals surface area contributed by atoms with Gasteiger partial charge in [-0.2, -0.15) is 0 Å². The number of thioether (sulfide) groups is 1. The zero-order valence-electron chi connectivity index (χ0n) is 21.0. The Morgan fingerprint density at radius 1 is 1.21 bits per heavy atom. The number of carbonyl (C=O) groups is 4. The third-order valence-electron chi connectivity index (χ3n) is 7.45. The van der Waals surface area contributed by atoms with Crippen molar-refractivity contribution in [2.45, 2.75) is 37.8 Å². The second kappa shape index (κ2) is 10.1. The van der Waals surface area contributed by atoms with Gasteiger partial charge < -0.3 is 24.8 Å². The van der Waals surface area contributed by atoms with E-state index in [1.54, 1.807) is 31.2 Å². The number of fused-ring (bicyclic) bond motifs is 2. The van der Waals surface area contributed by atoms with Crippen molar-refractivity contribution in [1.29, 1.82) is 0 Å². The zero-order chi connectivity index (χ0) is 26.2. The molecule has 1 N–H and O–H groups in total. The maximum atomic E-state index is 12.6. The summed E-state index contributed by atoms with van der Waals surface area (Å²) in [5.41, 5.74) is 1.37. The van der Waals surface area contributed by atoms with Gasteiger partial charge in [-0.15, -0.1) is 23.1 Å². The fourth-order valence-corrected chi connectivity index (χ4v) is 7.93. The number of carboxylic acid groups (broad SMARTS) is 1. The van der Waals surface area contributed by atoms with Crippen LogP contribution in [0.4, 0.5) is 5.13 Å². The average molecular weight is 563 g/mol. The van der Waals surface area contributed by atoms with Gasteiger partial charge in [0.2, 0.25) is 5.91 Å². The van der Waals surface area contributed by atoms with Crippen LogP contribution in [0.25, 0.3) is 0 Å². The van der Waals surface area contributed by atoms with Crippen LogP contribution in [0.1, 0.15) is 40.3 Å². The van der Waals surface area contributed by atoms with Gasteiger partial charge in [0.15, 0.2) is 5.13 Å². The molecule has 4 aliphatic heterocycles. The van der Waals surface area contributed by atoms with Gasteiger partial charge in [-0.1, -0.05) is 19.1 Å². The number of hydrogen-bond donors (Lipinski definition) is 1. The Labute approximate surface area is 249 Å². The topological polar surface area (TPSA) is 134 Å². The van der Waals surface area contributed by atoms with E-state index in [2.05, 4.69) is 9.88 Å². The molecule has 38 heavy (non-hydrogen) atoms. The summed E-state index contributed by atoms with van der Waals surface area (Å²) in [6.45, 7) is 4.82. The Hall–Kier alpha value is -2.22. The third kappa shape index (κ3) is 4.13. The van der Waals surface area contributed by atoms with E-state index in [1.165, 1.54) is 32.9 Å². The van der Waals surface area contributed by atoms with Gasteiger partial charge in [-0.3, -0.25) is 19.3 Å². The predicted octanol–water partition coefficient (Wildman–Crippen LogP) is -2.32. The molecule has 5 heterocycles. The van der Waals surface area contributed by atoms with E-state index in [-0.39, 0.29) is 76.7 Å². The molecule has 0 aliphatic carbocycles. The van der Waals surface area contributed by atoms with Crippen LogP contribution in [-0.2, 0) is 16.1 Å². The van der Waals surface area contributed by atoms with E-state index in [1.807, 2.05) is 12.3 Å². The van der Waals surface area contributed by atoms with Crippen LogP contribution in [0.15, 0.2) is 40.2 Å². The molecule has 2 fully saturated rings. The number of carbonyl (C=O) groups excluding carboxylic acids is 4. The summed E-state index contributed by atoms with van der Waals surface area (Å²) in [7, 11) is 0. The Kier molecular flexibility index (Phi) is 7.25. The molecule has 0 radical (unpaired) electrons. The van der Waals surface area contributed by atoms with E-state index in [0.717, 1.165) is 5.13 Å². The summed E-state index contributed by atoms with van der Waals surface area (Å²) >= 11 is 2.88. The largest absolute Gasteiger partial charge is 1.00 e. The van der Waals surface area contributed by atoms with Crippen molar-refractivity contribution in [2.75, 3.05) is 18.0 Å². The van der Waals surface area contributed by atoms with Crippen LogP contribution >= 0.6 is 23.1 Å². The number of aliphatic hydroxyl groups excluding tert-OH is 1. The number of anilines is 1. The van der Waals surface area contributed by atoms with E-state index < -0.39 is 18.0 Å². The number of rotatable bonds is 7. The number of aromatic nitrogens is 1. The Morgan fingerprint density at radius 3 is 2.42 bits per heavy atom. The number of thiazole rings is 1. The van der Waals surface area contributed by atoms with Crippen LogP contribution in [0.3, 0.4) is 0 Å². The number of benzene rings is 1. The molecule has 0 spiro atoms. The minimum atomic E-state index is -1.37. The monoisotopic (exact) mass is 562 g/mol. The summed E-state index contributed by atoms with van der Waals surface area (Å²) in [5.74, 6) is -3.18. The molecule has 13 heteroatoms. The van der Waals surface area contributed by atoms with E-state index >= 15 is 0 Å². The van der Waals surface area contributed by atoms with Gasteiger partial charge in [-0.25, -0.2) is 4.98 Å². The second-order valence-electron chi connectivity index (χ2n) is 9.76. The van der Waals surface area contributed by atoms with Crippen molar-refractivity contribution in [3.63, 3.8) is 0 Å². The summed E-state index contributed by atoms with van der Waals surface area (Å²) in [6, 6.07) is 6.40. The van der Waals surface area contributed by atoms with Crippen molar-refractivity contribution in [3.05, 3.63) is 57.1 Å². The minimum Gasteiger partial charge on any atom is -0.543 e. The van der Waals surface area contributed by atoms with E-state index in [4.69, 9.17) is 0 Å². The molecule has 10 nitrogen and oxygen atoms in total. The molecule has 4 aliphatic rings.